The summed E-state index contributed by atoms with van der Waals surface area (Å²) in [7, 11) is 2.06. The van der Waals surface area contributed by atoms with Gasteiger partial charge in [-0.2, -0.15) is 0 Å². The average Bonchev–Trinajstić information content (AvgIpc) is 2.40. The summed E-state index contributed by atoms with van der Waals surface area (Å²) < 4.78 is 0. The fourth-order valence-corrected chi connectivity index (χ4v) is 2.50. The number of pyridine rings is 1. The molecule has 94 valence electrons. The summed E-state index contributed by atoms with van der Waals surface area (Å²) in [4.78, 5) is 6.31. The summed E-state index contributed by atoms with van der Waals surface area (Å²) in [6.45, 7) is 0.814. The van der Waals surface area contributed by atoms with Crippen molar-refractivity contribution in [1.29, 1.82) is 0 Å². The number of hydrogen-bond acceptors (Lipinski definition) is 2. The molecule has 2 aromatic rings. The smallest absolute Gasteiger partial charge is 0.0441 e. The Labute approximate surface area is 121 Å². The molecule has 4 heteroatoms. The fraction of sp³-hybridized carbons (Fsp3) is 0.214. The van der Waals surface area contributed by atoms with Gasteiger partial charge in [-0.15, -0.1) is 0 Å². The third-order valence-corrected chi connectivity index (χ3v) is 3.58. The van der Waals surface area contributed by atoms with Crippen LogP contribution in [-0.4, -0.2) is 12.0 Å². The fourth-order valence-electron chi connectivity index (χ4n) is 1.86. The molecule has 0 unspecified atom stereocenters. The lowest BCUT2D eigenvalue weighted by molar-refractivity contribution is 0.909. The van der Waals surface area contributed by atoms with Crippen molar-refractivity contribution in [2.75, 3.05) is 11.9 Å². The summed E-state index contributed by atoms with van der Waals surface area (Å²) in [5.41, 5.74) is 3.55. The van der Waals surface area contributed by atoms with Crippen LogP contribution < -0.4 is 4.90 Å². The second-order valence-corrected chi connectivity index (χ2v) is 5.12. The number of anilines is 1. The van der Waals surface area contributed by atoms with Crippen LogP contribution in [0.1, 0.15) is 11.1 Å². The first-order chi connectivity index (χ1) is 8.70. The molecule has 0 aliphatic heterocycles. The molecule has 1 aromatic heterocycles. The van der Waals surface area contributed by atoms with Gasteiger partial charge in [-0.3, -0.25) is 4.98 Å². The van der Waals surface area contributed by atoms with Crippen molar-refractivity contribution in [3.8, 4) is 0 Å². The monoisotopic (exact) mass is 324 g/mol. The van der Waals surface area contributed by atoms with E-state index in [0.717, 1.165) is 22.6 Å². The van der Waals surface area contributed by atoms with Gasteiger partial charge in [0.25, 0.3) is 0 Å². The van der Waals surface area contributed by atoms with Crippen molar-refractivity contribution in [3.63, 3.8) is 0 Å². The quantitative estimate of drug-likeness (QED) is 0.781. The van der Waals surface area contributed by atoms with E-state index in [0.29, 0.717) is 0 Å². The van der Waals surface area contributed by atoms with E-state index in [1.165, 1.54) is 11.1 Å². The molecule has 0 atom stereocenters. The molecule has 18 heavy (non-hydrogen) atoms. The lowest BCUT2D eigenvalue weighted by Gasteiger charge is -2.22. The van der Waals surface area contributed by atoms with Gasteiger partial charge in [0, 0.05) is 42.0 Å². The average molecular weight is 326 g/mol. The van der Waals surface area contributed by atoms with Crippen molar-refractivity contribution in [1.82, 2.24) is 4.98 Å². The van der Waals surface area contributed by atoms with Gasteiger partial charge in [-0.1, -0.05) is 39.7 Å². The third-order valence-electron chi connectivity index (χ3n) is 2.75. The van der Waals surface area contributed by atoms with Crippen LogP contribution in [0, 0.1) is 0 Å². The van der Waals surface area contributed by atoms with Gasteiger partial charge in [0.1, 0.15) is 0 Å². The molecule has 0 N–H and O–H groups in total. The zero-order valence-electron chi connectivity index (χ0n) is 10.1. The summed E-state index contributed by atoms with van der Waals surface area (Å²) in [6.07, 6.45) is 3.67. The molecule has 0 saturated carbocycles. The number of hydrogen-bond donors (Lipinski definition) is 0. The maximum Gasteiger partial charge on any atom is 0.0441 e. The Bertz CT molecular complexity index is 516. The molecule has 1 aromatic carbocycles. The van der Waals surface area contributed by atoms with E-state index >= 15 is 0 Å². The van der Waals surface area contributed by atoms with Crippen LogP contribution in [0.15, 0.2) is 42.7 Å². The van der Waals surface area contributed by atoms with Crippen molar-refractivity contribution < 1.29 is 0 Å². The number of benzene rings is 1. The SMILES string of the molecule is CN(Cc1cccnc1)c1cc(Cl)ccc1CBr. The first kappa shape index (κ1) is 13.4. The van der Waals surface area contributed by atoms with E-state index in [-0.39, 0.29) is 0 Å². The lowest BCUT2D eigenvalue weighted by Crippen LogP contribution is -2.17. The Morgan fingerprint density at radius 3 is 2.83 bits per heavy atom. The molecule has 0 spiro atoms. The first-order valence-corrected chi connectivity index (χ1v) is 7.15. The maximum atomic E-state index is 6.07. The van der Waals surface area contributed by atoms with Crippen LogP contribution in [-0.2, 0) is 11.9 Å². The van der Waals surface area contributed by atoms with Crippen molar-refractivity contribution in [2.45, 2.75) is 11.9 Å². The Balaban J connectivity index is 2.23. The first-order valence-electron chi connectivity index (χ1n) is 5.65. The topological polar surface area (TPSA) is 16.1 Å². The van der Waals surface area contributed by atoms with Gasteiger partial charge in [-0.25, -0.2) is 0 Å². The molecule has 0 fully saturated rings. The van der Waals surface area contributed by atoms with E-state index in [4.69, 9.17) is 11.6 Å². The predicted octanol–water partition coefficient (Wildman–Crippen LogP) is 4.27. The van der Waals surface area contributed by atoms with Crippen LogP contribution >= 0.6 is 27.5 Å². The maximum absolute atomic E-state index is 6.07. The second kappa shape index (κ2) is 6.21. The van der Waals surface area contributed by atoms with Crippen LogP contribution in [0.25, 0.3) is 0 Å². The van der Waals surface area contributed by atoms with E-state index in [9.17, 15) is 0 Å². The molecule has 0 aliphatic carbocycles. The van der Waals surface area contributed by atoms with Gasteiger partial charge in [0.05, 0.1) is 0 Å². The Hall–Kier alpha value is -1.06. The largest absolute Gasteiger partial charge is 0.370 e. The predicted molar refractivity (Wildman–Crippen MR) is 80.4 cm³/mol. The Morgan fingerprint density at radius 1 is 1.33 bits per heavy atom. The zero-order chi connectivity index (χ0) is 13.0. The normalized spacial score (nSPS) is 10.4. The number of aromatic nitrogens is 1. The highest BCUT2D eigenvalue weighted by Gasteiger charge is 2.08. The minimum absolute atomic E-state index is 0.757. The molecular weight excluding hydrogens is 312 g/mol. The molecule has 0 saturated heterocycles. The van der Waals surface area contributed by atoms with E-state index in [1.807, 2.05) is 30.5 Å². The standard InChI is InChI=1S/C14H14BrClN2/c1-18(10-11-3-2-6-17-9-11)14-7-13(16)5-4-12(14)8-15/h2-7,9H,8,10H2,1H3. The molecule has 2 rings (SSSR count). The molecule has 1 heterocycles. The highest BCUT2D eigenvalue weighted by molar-refractivity contribution is 9.08. The van der Waals surface area contributed by atoms with Crippen molar-refractivity contribution in [2.24, 2.45) is 0 Å². The summed E-state index contributed by atoms with van der Waals surface area (Å²) >= 11 is 9.57. The van der Waals surface area contributed by atoms with Crippen molar-refractivity contribution >= 4 is 33.2 Å². The van der Waals surface area contributed by atoms with Crippen LogP contribution in [0.3, 0.4) is 0 Å². The summed E-state index contributed by atoms with van der Waals surface area (Å²) in [6, 6.07) is 9.98. The summed E-state index contributed by atoms with van der Waals surface area (Å²) in [5, 5.41) is 1.57. The van der Waals surface area contributed by atoms with Gasteiger partial charge in [0.2, 0.25) is 0 Å². The molecule has 0 radical (unpaired) electrons. The lowest BCUT2D eigenvalue weighted by atomic mass is 10.1. The van der Waals surface area contributed by atoms with Crippen molar-refractivity contribution in [3.05, 3.63) is 58.9 Å². The van der Waals surface area contributed by atoms with Gasteiger partial charge >= 0.3 is 0 Å². The highest BCUT2D eigenvalue weighted by Crippen LogP contribution is 2.26. The molecule has 2 nitrogen and oxygen atoms in total. The Morgan fingerprint density at radius 2 is 2.17 bits per heavy atom. The summed E-state index contributed by atoms with van der Waals surface area (Å²) in [5.74, 6) is 0. The van der Waals surface area contributed by atoms with Gasteiger partial charge in [0.15, 0.2) is 0 Å². The number of alkyl halides is 1. The number of nitrogens with zero attached hydrogens (tertiary/aromatic N) is 2. The molecule has 0 aliphatic rings. The molecule has 0 bridgehead atoms. The van der Waals surface area contributed by atoms with E-state index in [2.05, 4.69) is 38.9 Å². The zero-order valence-corrected chi connectivity index (χ0v) is 12.4. The molecule has 0 amide bonds. The Kier molecular flexibility index (Phi) is 4.61. The number of halogens is 2. The van der Waals surface area contributed by atoms with Gasteiger partial charge < -0.3 is 4.90 Å². The van der Waals surface area contributed by atoms with E-state index < -0.39 is 0 Å². The minimum atomic E-state index is 0.757. The third kappa shape index (κ3) is 3.24. The minimum Gasteiger partial charge on any atom is -0.370 e. The highest BCUT2D eigenvalue weighted by atomic mass is 79.9. The van der Waals surface area contributed by atoms with Crippen LogP contribution in [0.5, 0.6) is 0 Å². The van der Waals surface area contributed by atoms with Crippen LogP contribution in [0.4, 0.5) is 5.69 Å². The van der Waals surface area contributed by atoms with Crippen LogP contribution in [0.2, 0.25) is 5.02 Å². The molecular formula is C14H14BrClN2. The number of rotatable bonds is 4. The second-order valence-electron chi connectivity index (χ2n) is 4.12. The van der Waals surface area contributed by atoms with E-state index in [1.54, 1.807) is 6.20 Å². The van der Waals surface area contributed by atoms with Gasteiger partial charge in [-0.05, 0) is 29.3 Å².